The van der Waals surface area contributed by atoms with Gasteiger partial charge in [-0.25, -0.2) is 4.98 Å². The number of thiazole rings is 1. The van der Waals surface area contributed by atoms with Gasteiger partial charge in [-0.3, -0.25) is 15.0 Å². The van der Waals surface area contributed by atoms with Gasteiger partial charge in [-0.2, -0.15) is 5.26 Å². The molecule has 2 heterocycles. The van der Waals surface area contributed by atoms with Crippen LogP contribution in [0.25, 0.3) is 0 Å². The summed E-state index contributed by atoms with van der Waals surface area (Å²) in [6.07, 6.45) is 1.82. The molecule has 1 aromatic carbocycles. The molecule has 7 nitrogen and oxygen atoms in total. The summed E-state index contributed by atoms with van der Waals surface area (Å²) < 4.78 is 0. The highest BCUT2D eigenvalue weighted by Crippen LogP contribution is 2.28. The predicted octanol–water partition coefficient (Wildman–Crippen LogP) is 2.81. The van der Waals surface area contributed by atoms with E-state index in [1.54, 1.807) is 17.4 Å². The number of benzene rings is 1. The summed E-state index contributed by atoms with van der Waals surface area (Å²) in [4.78, 5) is 19.2. The molecule has 1 fully saturated rings. The fraction of sp³-hybridized carbons (Fsp3) is 0.375. The number of rotatable bonds is 4. The lowest BCUT2D eigenvalue weighted by atomic mass is 10.1. The lowest BCUT2D eigenvalue weighted by Gasteiger charge is -2.38. The van der Waals surface area contributed by atoms with E-state index in [0.717, 1.165) is 36.9 Å². The first kappa shape index (κ1) is 16.4. The van der Waals surface area contributed by atoms with Gasteiger partial charge >= 0.3 is 0 Å². The Balaban J connectivity index is 1.71. The summed E-state index contributed by atoms with van der Waals surface area (Å²) in [6.45, 7) is 5.44. The number of nitrogens with zero attached hydrogens (tertiary/aromatic N) is 5. The molecule has 0 aliphatic carbocycles. The van der Waals surface area contributed by atoms with Gasteiger partial charge in [0.2, 0.25) is 0 Å². The number of aromatic nitrogens is 1. The number of nitriles is 1. The van der Waals surface area contributed by atoms with Crippen LogP contribution in [-0.4, -0.2) is 41.0 Å². The van der Waals surface area contributed by atoms with Crippen molar-refractivity contribution in [3.8, 4) is 6.07 Å². The van der Waals surface area contributed by atoms with Crippen LogP contribution in [0.4, 0.5) is 11.4 Å². The Morgan fingerprint density at radius 1 is 1.38 bits per heavy atom. The molecule has 0 N–H and O–H groups in total. The molecule has 0 bridgehead atoms. The molecule has 2 aromatic rings. The zero-order chi connectivity index (χ0) is 17.1. The lowest BCUT2D eigenvalue weighted by Crippen LogP contribution is -2.47. The number of non-ortho nitro benzene ring substituents is 1. The number of nitro groups is 1. The average Bonchev–Trinajstić information content (AvgIpc) is 3.15. The number of nitro benzene ring substituents is 1. The number of piperazine rings is 1. The molecular weight excluding hydrogens is 326 g/mol. The monoisotopic (exact) mass is 343 g/mol. The zero-order valence-electron chi connectivity index (χ0n) is 13.3. The van der Waals surface area contributed by atoms with E-state index in [9.17, 15) is 15.4 Å². The summed E-state index contributed by atoms with van der Waals surface area (Å²) in [6, 6.07) is 6.84. The minimum Gasteiger partial charge on any atom is -0.368 e. The highest BCUT2D eigenvalue weighted by Gasteiger charge is 2.25. The van der Waals surface area contributed by atoms with Crippen molar-refractivity contribution in [3.05, 3.63) is 50.5 Å². The quantitative estimate of drug-likeness (QED) is 0.627. The Bertz CT molecular complexity index is 763. The summed E-state index contributed by atoms with van der Waals surface area (Å²) in [7, 11) is 0. The number of anilines is 1. The lowest BCUT2D eigenvalue weighted by molar-refractivity contribution is -0.384. The topological polar surface area (TPSA) is 86.3 Å². The third-order valence-electron chi connectivity index (χ3n) is 4.32. The molecule has 1 saturated heterocycles. The fourth-order valence-corrected chi connectivity index (χ4v) is 3.68. The summed E-state index contributed by atoms with van der Waals surface area (Å²) in [5.41, 5.74) is 1.07. The van der Waals surface area contributed by atoms with Gasteiger partial charge < -0.3 is 4.90 Å². The van der Waals surface area contributed by atoms with Crippen molar-refractivity contribution in [2.45, 2.75) is 13.0 Å². The van der Waals surface area contributed by atoms with Crippen LogP contribution in [0.15, 0.2) is 29.8 Å². The van der Waals surface area contributed by atoms with E-state index >= 15 is 0 Å². The minimum atomic E-state index is -0.474. The summed E-state index contributed by atoms with van der Waals surface area (Å²) >= 11 is 1.66. The van der Waals surface area contributed by atoms with Gasteiger partial charge in [-0.1, -0.05) is 0 Å². The van der Waals surface area contributed by atoms with Crippen LogP contribution in [-0.2, 0) is 0 Å². The molecule has 1 unspecified atom stereocenters. The first-order chi connectivity index (χ1) is 11.6. The molecule has 0 spiro atoms. The molecule has 124 valence electrons. The third kappa shape index (κ3) is 3.22. The van der Waals surface area contributed by atoms with Gasteiger partial charge in [0.1, 0.15) is 11.1 Å². The van der Waals surface area contributed by atoms with Crippen molar-refractivity contribution in [1.82, 2.24) is 9.88 Å². The normalized spacial score (nSPS) is 16.6. The Morgan fingerprint density at radius 3 is 2.71 bits per heavy atom. The van der Waals surface area contributed by atoms with E-state index in [0.29, 0.717) is 5.56 Å². The van der Waals surface area contributed by atoms with E-state index in [1.165, 1.54) is 12.1 Å². The maximum absolute atomic E-state index is 10.9. The SMILES string of the molecule is CC(c1nccs1)N1CCN(c2ccc([N+](=O)[O-])cc2C#N)CC1. The molecule has 8 heteroatoms. The average molecular weight is 343 g/mol. The van der Waals surface area contributed by atoms with E-state index in [4.69, 9.17) is 0 Å². The molecule has 3 rings (SSSR count). The smallest absolute Gasteiger partial charge is 0.270 e. The highest BCUT2D eigenvalue weighted by atomic mass is 32.1. The second-order valence-corrected chi connectivity index (χ2v) is 6.57. The van der Waals surface area contributed by atoms with Crippen molar-refractivity contribution in [1.29, 1.82) is 5.26 Å². The van der Waals surface area contributed by atoms with Crippen LogP contribution < -0.4 is 4.90 Å². The first-order valence-corrected chi connectivity index (χ1v) is 8.55. The summed E-state index contributed by atoms with van der Waals surface area (Å²) in [5.74, 6) is 0. The second kappa shape index (κ2) is 6.95. The number of hydrogen-bond acceptors (Lipinski definition) is 7. The van der Waals surface area contributed by atoms with E-state index in [-0.39, 0.29) is 11.7 Å². The Hall–Kier alpha value is -2.50. The third-order valence-corrected chi connectivity index (χ3v) is 5.27. The second-order valence-electron chi connectivity index (χ2n) is 5.64. The van der Waals surface area contributed by atoms with Gasteiger partial charge in [-0.15, -0.1) is 11.3 Å². The van der Waals surface area contributed by atoms with Crippen LogP contribution in [0.1, 0.15) is 23.5 Å². The maximum Gasteiger partial charge on any atom is 0.270 e. The highest BCUT2D eigenvalue weighted by molar-refractivity contribution is 7.09. The van der Waals surface area contributed by atoms with Crippen LogP contribution in [0, 0.1) is 21.4 Å². The molecule has 24 heavy (non-hydrogen) atoms. The van der Waals surface area contributed by atoms with Crippen LogP contribution in [0.3, 0.4) is 0 Å². The molecule has 0 radical (unpaired) electrons. The van der Waals surface area contributed by atoms with Crippen LogP contribution in [0.2, 0.25) is 0 Å². The molecule has 0 amide bonds. The number of hydrogen-bond donors (Lipinski definition) is 0. The van der Waals surface area contributed by atoms with E-state index in [1.807, 2.05) is 11.6 Å². The minimum absolute atomic E-state index is 0.0497. The zero-order valence-corrected chi connectivity index (χ0v) is 14.1. The van der Waals surface area contributed by atoms with Crippen molar-refractivity contribution in [3.63, 3.8) is 0 Å². The van der Waals surface area contributed by atoms with Gasteiger partial charge in [0.25, 0.3) is 5.69 Å². The predicted molar refractivity (Wildman–Crippen MR) is 92.1 cm³/mol. The first-order valence-electron chi connectivity index (χ1n) is 7.67. The van der Waals surface area contributed by atoms with E-state index in [2.05, 4.69) is 27.8 Å². The standard InChI is InChI=1S/C16H17N5O2S/c1-12(16-18-4-9-24-16)19-5-7-20(8-6-19)15-3-2-14(21(22)23)10-13(15)11-17/h2-4,9-10,12H,5-8H2,1H3. The van der Waals surface area contributed by atoms with Crippen molar-refractivity contribution in [2.24, 2.45) is 0 Å². The van der Waals surface area contributed by atoms with Crippen molar-refractivity contribution >= 4 is 22.7 Å². The Morgan fingerprint density at radius 2 is 2.12 bits per heavy atom. The fourth-order valence-electron chi connectivity index (χ4n) is 2.95. The van der Waals surface area contributed by atoms with Gasteiger partial charge in [0, 0.05) is 49.9 Å². The molecule has 1 aliphatic rings. The molecule has 1 atom stereocenters. The molecule has 0 saturated carbocycles. The molecule has 1 aromatic heterocycles. The van der Waals surface area contributed by atoms with E-state index < -0.39 is 4.92 Å². The summed E-state index contributed by atoms with van der Waals surface area (Å²) in [5, 5.41) is 23.3. The molecular formula is C16H17N5O2S. The van der Waals surface area contributed by atoms with Gasteiger partial charge in [-0.05, 0) is 13.0 Å². The largest absolute Gasteiger partial charge is 0.368 e. The van der Waals surface area contributed by atoms with Crippen LogP contribution >= 0.6 is 11.3 Å². The van der Waals surface area contributed by atoms with Crippen molar-refractivity contribution in [2.75, 3.05) is 31.1 Å². The maximum atomic E-state index is 10.9. The van der Waals surface area contributed by atoms with Gasteiger partial charge in [0.05, 0.1) is 22.2 Å². The van der Waals surface area contributed by atoms with Gasteiger partial charge in [0.15, 0.2) is 0 Å². The molecule has 1 aliphatic heterocycles. The Kier molecular flexibility index (Phi) is 4.74. The Labute approximate surface area is 143 Å². The van der Waals surface area contributed by atoms with Crippen LogP contribution in [0.5, 0.6) is 0 Å². The van der Waals surface area contributed by atoms with Crippen molar-refractivity contribution < 1.29 is 4.92 Å².